The molecule has 0 aliphatic rings. The zero-order chi connectivity index (χ0) is 20.7. The van der Waals surface area contributed by atoms with Gasteiger partial charge in [-0.3, -0.25) is 9.59 Å². The van der Waals surface area contributed by atoms with Crippen LogP contribution in [-0.2, 0) is 4.79 Å². The average molecular weight is 404 g/mol. The standard InChI is InChI=1S/C21H22ClNO5/c1-23(2)20(25)13-28-16-8-6-15(7-9-16)18(24)10-5-14-11-17(22)21(27-4)19(12-14)26-3/h5-12H,13H2,1-4H3/b10-5+. The fourth-order valence-electron chi connectivity index (χ4n) is 2.29. The molecule has 2 aromatic carbocycles. The fraction of sp³-hybridized carbons (Fsp3) is 0.238. The van der Waals surface area contributed by atoms with Gasteiger partial charge in [0.05, 0.1) is 19.2 Å². The van der Waals surface area contributed by atoms with Crippen LogP contribution in [0.5, 0.6) is 17.2 Å². The number of hydrogen-bond acceptors (Lipinski definition) is 5. The van der Waals surface area contributed by atoms with E-state index in [2.05, 4.69) is 0 Å². The number of carbonyl (C=O) groups excluding carboxylic acids is 2. The van der Waals surface area contributed by atoms with Crippen molar-refractivity contribution in [3.05, 3.63) is 58.6 Å². The number of hydrogen-bond donors (Lipinski definition) is 0. The van der Waals surface area contributed by atoms with Gasteiger partial charge in [0, 0.05) is 19.7 Å². The second kappa shape index (κ2) is 9.80. The molecule has 2 aromatic rings. The Kier molecular flexibility index (Phi) is 7.46. The molecule has 0 saturated carbocycles. The smallest absolute Gasteiger partial charge is 0.259 e. The Labute approximate surface area is 169 Å². The third-order valence-electron chi connectivity index (χ3n) is 3.88. The molecule has 0 N–H and O–H groups in total. The molecule has 0 unspecified atom stereocenters. The van der Waals surface area contributed by atoms with E-state index in [4.69, 9.17) is 25.8 Å². The second-order valence-electron chi connectivity index (χ2n) is 6.04. The van der Waals surface area contributed by atoms with Gasteiger partial charge in [-0.15, -0.1) is 0 Å². The lowest BCUT2D eigenvalue weighted by molar-refractivity contribution is -0.130. The van der Waals surface area contributed by atoms with Crippen LogP contribution in [0.15, 0.2) is 42.5 Å². The van der Waals surface area contributed by atoms with Crippen molar-refractivity contribution in [3.8, 4) is 17.2 Å². The minimum absolute atomic E-state index is 0.0553. The molecule has 148 valence electrons. The van der Waals surface area contributed by atoms with Crippen LogP contribution in [0.2, 0.25) is 5.02 Å². The maximum absolute atomic E-state index is 12.4. The molecule has 0 aliphatic carbocycles. The first kappa shape index (κ1) is 21.3. The number of ketones is 1. The summed E-state index contributed by atoms with van der Waals surface area (Å²) < 4.78 is 15.8. The highest BCUT2D eigenvalue weighted by molar-refractivity contribution is 6.32. The molecule has 0 saturated heterocycles. The van der Waals surface area contributed by atoms with E-state index in [-0.39, 0.29) is 18.3 Å². The highest BCUT2D eigenvalue weighted by Gasteiger charge is 2.10. The Morgan fingerprint density at radius 1 is 1.07 bits per heavy atom. The molecule has 0 aromatic heterocycles. The zero-order valence-corrected chi connectivity index (χ0v) is 16.9. The van der Waals surface area contributed by atoms with Crippen molar-refractivity contribution in [2.24, 2.45) is 0 Å². The van der Waals surface area contributed by atoms with Gasteiger partial charge in [-0.05, 0) is 48.0 Å². The lowest BCUT2D eigenvalue weighted by atomic mass is 10.1. The predicted molar refractivity (Wildman–Crippen MR) is 109 cm³/mol. The van der Waals surface area contributed by atoms with E-state index in [1.54, 1.807) is 56.6 Å². The molecule has 1 amide bonds. The summed E-state index contributed by atoms with van der Waals surface area (Å²) in [6.07, 6.45) is 3.10. The minimum atomic E-state index is -0.179. The Hall–Kier alpha value is -2.99. The van der Waals surface area contributed by atoms with Crippen molar-refractivity contribution < 1.29 is 23.8 Å². The number of carbonyl (C=O) groups is 2. The second-order valence-corrected chi connectivity index (χ2v) is 6.44. The highest BCUT2D eigenvalue weighted by atomic mass is 35.5. The van der Waals surface area contributed by atoms with Crippen LogP contribution < -0.4 is 14.2 Å². The number of ether oxygens (including phenoxy) is 3. The summed E-state index contributed by atoms with van der Waals surface area (Å²) in [5, 5.41) is 0.391. The Morgan fingerprint density at radius 2 is 1.75 bits per heavy atom. The summed E-state index contributed by atoms with van der Waals surface area (Å²) in [5.41, 5.74) is 1.20. The Morgan fingerprint density at radius 3 is 2.32 bits per heavy atom. The normalized spacial score (nSPS) is 10.6. The molecule has 2 rings (SSSR count). The van der Waals surface area contributed by atoms with E-state index >= 15 is 0 Å². The SMILES string of the molecule is COc1cc(/C=C/C(=O)c2ccc(OCC(=O)N(C)C)cc2)cc(Cl)c1OC. The molecular weight excluding hydrogens is 382 g/mol. The van der Waals surface area contributed by atoms with E-state index in [9.17, 15) is 9.59 Å². The third-order valence-corrected chi connectivity index (χ3v) is 4.16. The van der Waals surface area contributed by atoms with Crippen LogP contribution in [-0.4, -0.2) is 51.5 Å². The van der Waals surface area contributed by atoms with Crippen LogP contribution in [0.1, 0.15) is 15.9 Å². The number of benzene rings is 2. The van der Waals surface area contributed by atoms with Crippen molar-refractivity contribution in [1.29, 1.82) is 0 Å². The van der Waals surface area contributed by atoms with Crippen molar-refractivity contribution in [2.45, 2.75) is 0 Å². The first-order valence-electron chi connectivity index (χ1n) is 8.42. The van der Waals surface area contributed by atoms with E-state index in [1.807, 2.05) is 0 Å². The highest BCUT2D eigenvalue weighted by Crippen LogP contribution is 2.36. The molecule has 0 bridgehead atoms. The number of allylic oxidation sites excluding steroid dienone is 1. The van der Waals surface area contributed by atoms with Gasteiger partial charge in [-0.25, -0.2) is 0 Å². The largest absolute Gasteiger partial charge is 0.493 e. The van der Waals surface area contributed by atoms with Gasteiger partial charge in [-0.2, -0.15) is 0 Å². The van der Waals surface area contributed by atoms with Gasteiger partial charge < -0.3 is 19.1 Å². The molecule has 0 radical (unpaired) electrons. The van der Waals surface area contributed by atoms with Crippen molar-refractivity contribution >= 4 is 29.4 Å². The lowest BCUT2D eigenvalue weighted by Crippen LogP contribution is -2.27. The van der Waals surface area contributed by atoms with E-state index < -0.39 is 0 Å². The van der Waals surface area contributed by atoms with E-state index in [0.29, 0.717) is 33.4 Å². The number of likely N-dealkylation sites (N-methyl/N-ethyl adjacent to an activating group) is 1. The van der Waals surface area contributed by atoms with E-state index in [1.165, 1.54) is 25.2 Å². The van der Waals surface area contributed by atoms with Gasteiger partial charge in [0.15, 0.2) is 23.9 Å². The first-order chi connectivity index (χ1) is 13.3. The van der Waals surface area contributed by atoms with Crippen molar-refractivity contribution in [2.75, 3.05) is 34.9 Å². The molecule has 6 nitrogen and oxygen atoms in total. The summed E-state index contributed by atoms with van der Waals surface area (Å²) in [6, 6.07) is 10.0. The summed E-state index contributed by atoms with van der Waals surface area (Å²) in [7, 11) is 6.34. The van der Waals surface area contributed by atoms with Crippen LogP contribution in [0, 0.1) is 0 Å². The molecule has 0 heterocycles. The number of nitrogens with zero attached hydrogens (tertiary/aromatic N) is 1. The van der Waals surface area contributed by atoms with Crippen LogP contribution in [0.25, 0.3) is 6.08 Å². The summed E-state index contributed by atoms with van der Waals surface area (Å²) >= 11 is 6.17. The van der Waals surface area contributed by atoms with Crippen LogP contribution in [0.4, 0.5) is 0 Å². The fourth-order valence-corrected chi connectivity index (χ4v) is 2.59. The lowest BCUT2D eigenvalue weighted by Gasteiger charge is -2.11. The van der Waals surface area contributed by atoms with Gasteiger partial charge >= 0.3 is 0 Å². The number of rotatable bonds is 8. The van der Waals surface area contributed by atoms with Crippen molar-refractivity contribution in [3.63, 3.8) is 0 Å². The van der Waals surface area contributed by atoms with Gasteiger partial charge in [0.2, 0.25) is 0 Å². The third kappa shape index (κ3) is 5.50. The summed E-state index contributed by atoms with van der Waals surface area (Å²) in [5.74, 6) is 1.12. The first-order valence-corrected chi connectivity index (χ1v) is 8.80. The monoisotopic (exact) mass is 403 g/mol. The minimum Gasteiger partial charge on any atom is -0.493 e. The Balaban J connectivity index is 2.06. The molecule has 0 spiro atoms. The number of amides is 1. The number of methoxy groups -OCH3 is 2. The van der Waals surface area contributed by atoms with Gasteiger partial charge in [0.1, 0.15) is 5.75 Å². The maximum atomic E-state index is 12.4. The van der Waals surface area contributed by atoms with E-state index in [0.717, 1.165) is 0 Å². The van der Waals surface area contributed by atoms with Gasteiger partial charge in [-0.1, -0.05) is 17.7 Å². The number of halogens is 1. The average Bonchev–Trinajstić information content (AvgIpc) is 2.69. The van der Waals surface area contributed by atoms with Crippen LogP contribution >= 0.6 is 11.6 Å². The predicted octanol–water partition coefficient (Wildman–Crippen LogP) is 3.72. The molecule has 0 fully saturated rings. The quantitative estimate of drug-likeness (QED) is 0.496. The molecule has 0 atom stereocenters. The summed E-state index contributed by atoms with van der Waals surface area (Å²) in [4.78, 5) is 25.4. The maximum Gasteiger partial charge on any atom is 0.259 e. The van der Waals surface area contributed by atoms with Gasteiger partial charge in [0.25, 0.3) is 5.91 Å². The molecule has 28 heavy (non-hydrogen) atoms. The molecule has 0 aliphatic heterocycles. The molecular formula is C21H22ClNO5. The molecule has 7 heteroatoms. The van der Waals surface area contributed by atoms with Crippen LogP contribution in [0.3, 0.4) is 0 Å². The Bertz CT molecular complexity index is 875. The van der Waals surface area contributed by atoms with Crippen molar-refractivity contribution in [1.82, 2.24) is 4.90 Å². The summed E-state index contributed by atoms with van der Waals surface area (Å²) in [6.45, 7) is -0.0553. The topological polar surface area (TPSA) is 65.1 Å². The zero-order valence-electron chi connectivity index (χ0n) is 16.2.